The molecule has 1 fully saturated rings. The third-order valence-corrected chi connectivity index (χ3v) is 4.72. The van der Waals surface area contributed by atoms with Crippen molar-refractivity contribution in [3.05, 3.63) is 22.6 Å². The van der Waals surface area contributed by atoms with Gasteiger partial charge in [-0.1, -0.05) is 0 Å². The summed E-state index contributed by atoms with van der Waals surface area (Å²) in [4.78, 5) is 37.6. The van der Waals surface area contributed by atoms with Gasteiger partial charge >= 0.3 is 0 Å². The van der Waals surface area contributed by atoms with E-state index in [0.717, 1.165) is 16.7 Å². The van der Waals surface area contributed by atoms with Crippen LogP contribution < -0.4 is 19.5 Å². The van der Waals surface area contributed by atoms with Crippen LogP contribution in [-0.2, 0) is 14.3 Å². The van der Waals surface area contributed by atoms with Crippen molar-refractivity contribution < 1.29 is 33.3 Å². The minimum atomic E-state index is -0.536. The zero-order valence-electron chi connectivity index (χ0n) is 14.8. The molecule has 27 heavy (non-hydrogen) atoms. The topological polar surface area (TPSA) is 103 Å². The van der Waals surface area contributed by atoms with Gasteiger partial charge in [0.05, 0.1) is 18.6 Å². The highest BCUT2D eigenvalue weighted by molar-refractivity contribution is 8.18. The van der Waals surface area contributed by atoms with Gasteiger partial charge in [0.1, 0.15) is 12.3 Å². The predicted octanol–water partition coefficient (Wildman–Crippen LogP) is 1.22. The summed E-state index contributed by atoms with van der Waals surface area (Å²) in [7, 11) is 3.00. The van der Waals surface area contributed by atoms with Crippen molar-refractivity contribution in [1.82, 2.24) is 10.2 Å². The maximum Gasteiger partial charge on any atom is 0.294 e. The summed E-state index contributed by atoms with van der Waals surface area (Å²) >= 11 is 0.766. The van der Waals surface area contributed by atoms with E-state index in [1.807, 2.05) is 0 Å². The van der Waals surface area contributed by atoms with Crippen LogP contribution >= 0.6 is 11.8 Å². The van der Waals surface area contributed by atoms with E-state index >= 15 is 0 Å². The van der Waals surface area contributed by atoms with Crippen molar-refractivity contribution in [2.75, 3.05) is 40.7 Å². The molecule has 1 saturated heterocycles. The van der Waals surface area contributed by atoms with E-state index in [2.05, 4.69) is 5.32 Å². The number of thioether (sulfide) groups is 1. The molecule has 10 heteroatoms. The Morgan fingerprint density at radius 3 is 2.74 bits per heavy atom. The Balaban J connectivity index is 1.76. The highest BCUT2D eigenvalue weighted by atomic mass is 32.2. The van der Waals surface area contributed by atoms with Crippen molar-refractivity contribution >= 4 is 34.9 Å². The number of fused-ring (bicyclic) bond motifs is 1. The third-order valence-electron chi connectivity index (χ3n) is 3.82. The number of methoxy groups -OCH3 is 2. The summed E-state index contributed by atoms with van der Waals surface area (Å²) in [6, 6.07) is 3.33. The summed E-state index contributed by atoms with van der Waals surface area (Å²) in [5.41, 5.74) is 0.566. The van der Waals surface area contributed by atoms with Gasteiger partial charge in [-0.2, -0.15) is 0 Å². The lowest BCUT2D eigenvalue weighted by Crippen LogP contribution is -2.40. The molecule has 144 valence electrons. The number of rotatable bonds is 7. The molecule has 0 radical (unpaired) electrons. The molecule has 1 aromatic carbocycles. The fourth-order valence-corrected chi connectivity index (χ4v) is 3.33. The zero-order valence-corrected chi connectivity index (χ0v) is 15.6. The van der Waals surface area contributed by atoms with Gasteiger partial charge in [0, 0.05) is 25.3 Å². The first-order valence-corrected chi connectivity index (χ1v) is 8.83. The molecule has 3 amide bonds. The molecule has 0 saturated carbocycles. The van der Waals surface area contributed by atoms with Crippen LogP contribution in [0.15, 0.2) is 17.0 Å². The van der Waals surface area contributed by atoms with Crippen LogP contribution in [-0.4, -0.2) is 62.7 Å². The van der Waals surface area contributed by atoms with Gasteiger partial charge in [0.2, 0.25) is 12.7 Å². The molecular formula is C17H18N2O7S. The Kier molecular flexibility index (Phi) is 5.87. The lowest BCUT2D eigenvalue weighted by Gasteiger charge is -2.12. The summed E-state index contributed by atoms with van der Waals surface area (Å²) in [5.74, 6) is 0.579. The number of benzene rings is 1. The first kappa shape index (κ1) is 19.1. The fraction of sp³-hybridized carbons (Fsp3) is 0.353. The molecule has 2 aliphatic heterocycles. The van der Waals surface area contributed by atoms with Gasteiger partial charge in [0.15, 0.2) is 11.5 Å². The molecule has 0 unspecified atom stereocenters. The Bertz CT molecular complexity index is 809. The van der Waals surface area contributed by atoms with Crippen LogP contribution in [0.5, 0.6) is 17.2 Å². The Morgan fingerprint density at radius 1 is 1.30 bits per heavy atom. The lowest BCUT2D eigenvalue weighted by atomic mass is 10.1. The summed E-state index contributed by atoms with van der Waals surface area (Å²) in [5, 5.41) is 2.07. The number of ether oxygens (including phenoxy) is 4. The molecule has 3 rings (SSSR count). The molecule has 0 spiro atoms. The lowest BCUT2D eigenvalue weighted by molar-refractivity contribution is -0.129. The molecule has 9 nitrogen and oxygen atoms in total. The summed E-state index contributed by atoms with van der Waals surface area (Å²) in [6.45, 7) is 0.411. The van der Waals surface area contributed by atoms with Gasteiger partial charge < -0.3 is 24.3 Å². The van der Waals surface area contributed by atoms with E-state index in [1.165, 1.54) is 20.3 Å². The maximum atomic E-state index is 12.5. The quantitative estimate of drug-likeness (QED) is 0.544. The minimum Gasteiger partial charge on any atom is -0.496 e. The average molecular weight is 394 g/mol. The first-order valence-electron chi connectivity index (χ1n) is 8.02. The second-order valence-corrected chi connectivity index (χ2v) is 6.55. The Hall–Kier alpha value is -2.72. The second-order valence-electron chi connectivity index (χ2n) is 5.56. The maximum absolute atomic E-state index is 12.5. The summed E-state index contributed by atoms with van der Waals surface area (Å²) < 4.78 is 20.8. The standard InChI is InChI=1S/C17H18N2O7S/c1-23-4-3-18-15(20)8-19-16(21)14(27-17(19)22)6-10-5-12-13(26-9-25-12)7-11(10)24-2/h5-7H,3-4,8-9H2,1-2H3,(H,18,20)/b14-6-. The predicted molar refractivity (Wildman–Crippen MR) is 96.7 cm³/mol. The molecule has 0 bridgehead atoms. The molecule has 0 atom stereocenters. The van der Waals surface area contributed by atoms with E-state index < -0.39 is 17.1 Å². The highest BCUT2D eigenvalue weighted by Crippen LogP contribution is 2.40. The Labute approximate surface area is 159 Å². The van der Waals surface area contributed by atoms with Gasteiger partial charge in [-0.25, -0.2) is 0 Å². The highest BCUT2D eigenvalue weighted by Gasteiger charge is 2.36. The van der Waals surface area contributed by atoms with Crippen LogP contribution in [0.1, 0.15) is 5.56 Å². The summed E-state index contributed by atoms with van der Waals surface area (Å²) in [6.07, 6.45) is 1.54. The molecular weight excluding hydrogens is 376 g/mol. The molecule has 2 aliphatic rings. The first-order chi connectivity index (χ1) is 13.0. The van der Waals surface area contributed by atoms with Gasteiger partial charge in [0.25, 0.3) is 11.1 Å². The monoisotopic (exact) mass is 394 g/mol. The smallest absolute Gasteiger partial charge is 0.294 e. The zero-order chi connectivity index (χ0) is 19.4. The number of hydrogen-bond donors (Lipinski definition) is 1. The van der Waals surface area contributed by atoms with Crippen molar-refractivity contribution in [1.29, 1.82) is 0 Å². The van der Waals surface area contributed by atoms with Crippen molar-refractivity contribution in [3.63, 3.8) is 0 Å². The van der Waals surface area contributed by atoms with Gasteiger partial charge in [-0.3, -0.25) is 19.3 Å². The number of amides is 3. The SMILES string of the molecule is COCCNC(=O)CN1C(=O)S/C(=C\c2cc3c(cc2OC)OCO3)C1=O. The van der Waals surface area contributed by atoms with E-state index in [0.29, 0.717) is 36.0 Å². The number of nitrogens with zero attached hydrogens (tertiary/aromatic N) is 1. The molecule has 0 aliphatic carbocycles. The van der Waals surface area contributed by atoms with Crippen LogP contribution in [0.3, 0.4) is 0 Å². The van der Waals surface area contributed by atoms with Crippen molar-refractivity contribution in [2.24, 2.45) is 0 Å². The second kappa shape index (κ2) is 8.31. The van der Waals surface area contributed by atoms with Crippen molar-refractivity contribution in [2.45, 2.75) is 0 Å². The Morgan fingerprint density at radius 2 is 2.04 bits per heavy atom. The number of hydrogen-bond acceptors (Lipinski definition) is 8. The number of carbonyl (C=O) groups excluding carboxylic acids is 3. The fourth-order valence-electron chi connectivity index (χ4n) is 2.50. The van der Waals surface area contributed by atoms with Crippen LogP contribution in [0.2, 0.25) is 0 Å². The van der Waals surface area contributed by atoms with Gasteiger partial charge in [-0.05, 0) is 23.9 Å². The van der Waals surface area contributed by atoms with E-state index in [4.69, 9.17) is 18.9 Å². The van der Waals surface area contributed by atoms with Crippen molar-refractivity contribution in [3.8, 4) is 17.2 Å². The van der Waals surface area contributed by atoms with Crippen LogP contribution in [0, 0.1) is 0 Å². The van der Waals surface area contributed by atoms with E-state index in [9.17, 15) is 14.4 Å². The molecule has 1 N–H and O–H groups in total. The molecule has 2 heterocycles. The number of carbonyl (C=O) groups is 3. The minimum absolute atomic E-state index is 0.108. The van der Waals surface area contributed by atoms with Crippen LogP contribution in [0.4, 0.5) is 4.79 Å². The normalized spacial score (nSPS) is 17.0. The van der Waals surface area contributed by atoms with E-state index in [1.54, 1.807) is 12.1 Å². The van der Waals surface area contributed by atoms with Crippen LogP contribution in [0.25, 0.3) is 6.08 Å². The number of imide groups is 1. The molecule has 0 aromatic heterocycles. The molecule has 1 aromatic rings. The third kappa shape index (κ3) is 4.17. The average Bonchev–Trinajstić information content (AvgIpc) is 3.20. The van der Waals surface area contributed by atoms with Gasteiger partial charge in [-0.15, -0.1) is 0 Å². The number of nitrogens with one attached hydrogen (secondary N) is 1. The van der Waals surface area contributed by atoms with E-state index in [-0.39, 0.29) is 18.2 Å². The largest absolute Gasteiger partial charge is 0.496 e.